The van der Waals surface area contributed by atoms with Gasteiger partial charge in [0.15, 0.2) is 0 Å². The summed E-state index contributed by atoms with van der Waals surface area (Å²) < 4.78 is 7.67. The minimum absolute atomic E-state index is 0.0281. The Balaban J connectivity index is 1.13. The van der Waals surface area contributed by atoms with Gasteiger partial charge in [0, 0.05) is 35.5 Å². The highest BCUT2D eigenvalue weighted by molar-refractivity contribution is 5.81. The van der Waals surface area contributed by atoms with Crippen LogP contribution >= 0.6 is 0 Å². The number of aromatic nitrogens is 4. The summed E-state index contributed by atoms with van der Waals surface area (Å²) in [6.45, 7) is 2.71. The molecule has 0 bridgehead atoms. The monoisotopic (exact) mass is 499 g/mol. The van der Waals surface area contributed by atoms with Gasteiger partial charge in [-0.05, 0) is 37.5 Å². The number of hydrogen-bond donors (Lipinski definition) is 4. The first kappa shape index (κ1) is 23.4. The predicted octanol–water partition coefficient (Wildman–Crippen LogP) is 2.41. The van der Waals surface area contributed by atoms with E-state index in [0.717, 1.165) is 34.3 Å². The fourth-order valence-electron chi connectivity index (χ4n) is 5.08. The summed E-state index contributed by atoms with van der Waals surface area (Å²) in [7, 11) is 0. The van der Waals surface area contributed by atoms with Gasteiger partial charge in [-0.25, -0.2) is 4.98 Å². The molecule has 6 rings (SSSR count). The maximum atomic E-state index is 13.4. The largest absolute Gasteiger partial charge is 0.374 e. The Hall–Kier alpha value is -4.02. The Labute approximate surface area is 213 Å². The van der Waals surface area contributed by atoms with E-state index >= 15 is 0 Å². The second-order valence-corrected chi connectivity index (χ2v) is 9.59. The zero-order chi connectivity index (χ0) is 25.4. The van der Waals surface area contributed by atoms with Crippen LogP contribution in [0.2, 0.25) is 0 Å². The summed E-state index contributed by atoms with van der Waals surface area (Å²) in [5, 5.41) is 10.7. The number of carbonyl (C=O) groups is 1. The maximum absolute atomic E-state index is 13.4. The molecule has 10 heteroatoms. The molecule has 1 saturated heterocycles. The van der Waals surface area contributed by atoms with E-state index in [4.69, 9.17) is 4.74 Å². The molecule has 0 aliphatic carbocycles. The lowest BCUT2D eigenvalue weighted by Gasteiger charge is -2.30. The van der Waals surface area contributed by atoms with Crippen molar-refractivity contribution < 1.29 is 9.53 Å². The fraction of sp³-hybridized carbons (Fsp3) is 0.333. The van der Waals surface area contributed by atoms with Crippen LogP contribution < -0.4 is 21.5 Å². The Morgan fingerprint density at radius 3 is 2.97 bits per heavy atom. The summed E-state index contributed by atoms with van der Waals surface area (Å²) in [6.07, 6.45) is 6.19. The molecule has 2 aliphatic rings. The van der Waals surface area contributed by atoms with E-state index in [1.807, 2.05) is 42.5 Å². The standard InChI is InChI=1S/C27H29N7O3/c1-16(25(35)29-13-19-11-18-12-28-10-9-20(18)32-19)34-15-31-22-8-7-21(33-24(22)27(34)36)23-14-30-26(37-23)17-5-3-2-4-6-17/h2-6,9-12,15-16,21,23,26,30,32-33H,7-8,13-14H2,1H3,(H,29,35)/t16-,21?,23?,26?/m1/s1. The third-order valence-corrected chi connectivity index (χ3v) is 7.19. The second kappa shape index (κ2) is 9.79. The zero-order valence-corrected chi connectivity index (χ0v) is 20.5. The number of fused-ring (bicyclic) bond motifs is 2. The number of rotatable bonds is 6. The molecule has 1 amide bonds. The highest BCUT2D eigenvalue weighted by atomic mass is 16.5. The Morgan fingerprint density at radius 2 is 2.14 bits per heavy atom. The smallest absolute Gasteiger partial charge is 0.277 e. The average molecular weight is 500 g/mol. The van der Waals surface area contributed by atoms with Gasteiger partial charge < -0.3 is 20.4 Å². The van der Waals surface area contributed by atoms with E-state index in [9.17, 15) is 9.59 Å². The van der Waals surface area contributed by atoms with Crippen LogP contribution in [0.3, 0.4) is 0 Å². The highest BCUT2D eigenvalue weighted by Gasteiger charge is 2.35. The number of anilines is 1. The van der Waals surface area contributed by atoms with Crippen molar-refractivity contribution in [2.45, 2.75) is 50.7 Å². The molecule has 1 aromatic carbocycles. The SMILES string of the molecule is C[C@H](C(=O)NCc1cc2cnccc2[nH]1)n1cnc2c(c1=O)NC(C1CNC(c3ccccc3)O1)CC2. The molecule has 0 radical (unpaired) electrons. The number of amides is 1. The van der Waals surface area contributed by atoms with Crippen molar-refractivity contribution in [2.24, 2.45) is 0 Å². The number of nitrogens with zero attached hydrogens (tertiary/aromatic N) is 3. The van der Waals surface area contributed by atoms with Crippen LogP contribution in [0, 0.1) is 0 Å². The molecule has 10 nitrogen and oxygen atoms in total. The van der Waals surface area contributed by atoms with Crippen LogP contribution in [0.15, 0.2) is 66.0 Å². The van der Waals surface area contributed by atoms with Crippen LogP contribution in [0.25, 0.3) is 10.9 Å². The third kappa shape index (κ3) is 4.61. The molecular formula is C27H29N7O3. The summed E-state index contributed by atoms with van der Waals surface area (Å²) >= 11 is 0. The molecule has 0 saturated carbocycles. The fourth-order valence-corrected chi connectivity index (χ4v) is 5.08. The number of aryl methyl sites for hydroxylation is 1. The first-order valence-corrected chi connectivity index (χ1v) is 12.6. The topological polar surface area (TPSA) is 126 Å². The van der Waals surface area contributed by atoms with E-state index in [-0.39, 0.29) is 29.8 Å². The van der Waals surface area contributed by atoms with Gasteiger partial charge in [0.25, 0.3) is 5.56 Å². The summed E-state index contributed by atoms with van der Waals surface area (Å²) in [6, 6.07) is 13.1. The molecule has 3 aromatic heterocycles. The van der Waals surface area contributed by atoms with Crippen molar-refractivity contribution in [3.05, 3.63) is 88.5 Å². The number of aromatic amines is 1. The Kier molecular flexibility index (Phi) is 6.19. The van der Waals surface area contributed by atoms with Crippen molar-refractivity contribution in [1.29, 1.82) is 0 Å². The Morgan fingerprint density at radius 1 is 1.27 bits per heavy atom. The van der Waals surface area contributed by atoms with Crippen LogP contribution in [-0.4, -0.2) is 44.1 Å². The first-order valence-electron chi connectivity index (χ1n) is 12.6. The molecule has 0 spiro atoms. The van der Waals surface area contributed by atoms with E-state index in [1.165, 1.54) is 10.9 Å². The minimum atomic E-state index is -0.717. The van der Waals surface area contributed by atoms with Gasteiger partial charge in [0.1, 0.15) is 18.0 Å². The van der Waals surface area contributed by atoms with E-state index < -0.39 is 6.04 Å². The van der Waals surface area contributed by atoms with Gasteiger partial charge in [-0.15, -0.1) is 0 Å². The van der Waals surface area contributed by atoms with Crippen LogP contribution in [-0.2, 0) is 22.5 Å². The summed E-state index contributed by atoms with van der Waals surface area (Å²) in [5.41, 5.74) is 3.83. The lowest BCUT2D eigenvalue weighted by Crippen LogP contribution is -2.43. The molecule has 4 atom stereocenters. The van der Waals surface area contributed by atoms with Gasteiger partial charge in [-0.1, -0.05) is 30.3 Å². The maximum Gasteiger partial charge on any atom is 0.277 e. The number of ether oxygens (including phenoxy) is 1. The number of hydrogen-bond acceptors (Lipinski definition) is 7. The van der Waals surface area contributed by atoms with Gasteiger partial charge in [0.2, 0.25) is 5.91 Å². The van der Waals surface area contributed by atoms with Gasteiger partial charge in [-0.3, -0.25) is 24.5 Å². The van der Waals surface area contributed by atoms with Gasteiger partial charge in [0.05, 0.1) is 30.7 Å². The lowest BCUT2D eigenvalue weighted by atomic mass is 9.98. The van der Waals surface area contributed by atoms with Gasteiger partial charge in [-0.2, -0.15) is 0 Å². The minimum Gasteiger partial charge on any atom is -0.374 e. The van der Waals surface area contributed by atoms with E-state index in [0.29, 0.717) is 25.2 Å². The Bertz CT molecular complexity index is 1450. The quantitative estimate of drug-likeness (QED) is 0.321. The van der Waals surface area contributed by atoms with Crippen LogP contribution in [0.4, 0.5) is 5.69 Å². The molecule has 190 valence electrons. The van der Waals surface area contributed by atoms with Crippen LogP contribution in [0.5, 0.6) is 0 Å². The van der Waals surface area contributed by atoms with Crippen molar-refractivity contribution in [2.75, 3.05) is 11.9 Å². The predicted molar refractivity (Wildman–Crippen MR) is 139 cm³/mol. The number of nitrogens with one attached hydrogen (secondary N) is 4. The molecule has 4 N–H and O–H groups in total. The average Bonchev–Trinajstić information content (AvgIpc) is 3.59. The molecule has 2 aliphatic heterocycles. The number of carbonyl (C=O) groups excluding carboxylic acids is 1. The lowest BCUT2D eigenvalue weighted by molar-refractivity contribution is -0.124. The molecule has 3 unspecified atom stereocenters. The van der Waals surface area contributed by atoms with Crippen LogP contribution in [0.1, 0.15) is 42.6 Å². The third-order valence-electron chi connectivity index (χ3n) is 7.19. The highest BCUT2D eigenvalue weighted by Crippen LogP contribution is 2.28. The second-order valence-electron chi connectivity index (χ2n) is 9.59. The van der Waals surface area contributed by atoms with E-state index in [1.54, 1.807) is 19.3 Å². The molecule has 37 heavy (non-hydrogen) atoms. The number of H-pyrrole nitrogens is 1. The van der Waals surface area contributed by atoms with Gasteiger partial charge >= 0.3 is 0 Å². The zero-order valence-electron chi connectivity index (χ0n) is 20.5. The molecule has 1 fully saturated rings. The van der Waals surface area contributed by atoms with Crippen molar-refractivity contribution in [3.8, 4) is 0 Å². The van der Waals surface area contributed by atoms with Crippen molar-refractivity contribution in [1.82, 2.24) is 30.2 Å². The molecular weight excluding hydrogens is 470 g/mol. The number of benzene rings is 1. The number of pyridine rings is 1. The van der Waals surface area contributed by atoms with E-state index in [2.05, 4.69) is 30.9 Å². The molecule has 4 aromatic rings. The normalized spacial score (nSPS) is 21.8. The summed E-state index contributed by atoms with van der Waals surface area (Å²) in [4.78, 5) is 38.2. The molecule has 5 heterocycles. The summed E-state index contributed by atoms with van der Waals surface area (Å²) in [5.74, 6) is -0.262. The van der Waals surface area contributed by atoms with Crippen molar-refractivity contribution in [3.63, 3.8) is 0 Å². The first-order chi connectivity index (χ1) is 18.1. The van der Waals surface area contributed by atoms with Crippen molar-refractivity contribution >= 4 is 22.5 Å².